The number of fused-ring (bicyclic) bond motifs is 2. The molecule has 10 nitrogen and oxygen atoms in total. The fraction of sp³-hybridized carbons (Fsp3) is 0.379. The van der Waals surface area contributed by atoms with Gasteiger partial charge in [0.2, 0.25) is 24.5 Å². The van der Waals surface area contributed by atoms with Gasteiger partial charge in [-0.1, -0.05) is 30.2 Å². The Hall–Kier alpha value is -3.91. The van der Waals surface area contributed by atoms with E-state index in [4.69, 9.17) is 21.1 Å². The lowest BCUT2D eigenvalue weighted by molar-refractivity contribution is -0.137. The Kier molecular flexibility index (Phi) is 9.59. The molecule has 3 aliphatic rings. The predicted octanol–water partition coefficient (Wildman–Crippen LogP) is 5.16. The maximum Gasteiger partial charge on any atom is 0.416 e. The van der Waals surface area contributed by atoms with Crippen LogP contribution in [-0.2, 0) is 27.1 Å². The number of carbonyl (C=O) groups excluding carboxylic acids is 4. The number of ether oxygens (including phenoxy) is 2. The van der Waals surface area contributed by atoms with Crippen molar-refractivity contribution in [2.24, 2.45) is 0 Å². The fourth-order valence-electron chi connectivity index (χ4n) is 4.99. The lowest BCUT2D eigenvalue weighted by Gasteiger charge is -2.41. The minimum atomic E-state index is -4.63. The van der Waals surface area contributed by atoms with Crippen molar-refractivity contribution in [2.45, 2.75) is 49.7 Å². The number of thioether (sulfide) groups is 1. The molecule has 5 rings (SSSR count). The first-order valence-electron chi connectivity index (χ1n) is 13.8. The number of halogens is 4. The number of hydrogen-bond acceptors (Lipinski definition) is 7. The smallest absolute Gasteiger partial charge is 0.416 e. The topological polar surface area (TPSA) is 117 Å². The molecule has 3 heterocycles. The quantitative estimate of drug-likeness (QED) is 0.322. The number of alkyl halides is 3. The lowest BCUT2D eigenvalue weighted by Crippen LogP contribution is -2.63. The number of imide groups is 1. The molecule has 0 bridgehead atoms. The van der Waals surface area contributed by atoms with Crippen molar-refractivity contribution in [1.29, 1.82) is 0 Å². The maximum absolute atomic E-state index is 13.3. The maximum atomic E-state index is 13.3. The molecular formula is C29H28ClF3N4O6S. The highest BCUT2D eigenvalue weighted by Gasteiger charge is 2.47. The summed E-state index contributed by atoms with van der Waals surface area (Å²) in [5.74, 6) is 0.0207. The van der Waals surface area contributed by atoms with Crippen molar-refractivity contribution < 1.29 is 41.8 Å². The van der Waals surface area contributed by atoms with E-state index in [0.717, 1.165) is 28.7 Å². The Morgan fingerprint density at radius 3 is 2.61 bits per heavy atom. The Morgan fingerprint density at radius 2 is 1.82 bits per heavy atom. The van der Waals surface area contributed by atoms with Crippen LogP contribution in [0, 0.1) is 0 Å². The van der Waals surface area contributed by atoms with E-state index >= 15 is 0 Å². The first kappa shape index (κ1) is 31.5. The van der Waals surface area contributed by atoms with Crippen molar-refractivity contribution in [3.05, 3.63) is 64.0 Å². The van der Waals surface area contributed by atoms with E-state index in [-0.39, 0.29) is 42.3 Å². The van der Waals surface area contributed by atoms with Gasteiger partial charge in [0.25, 0.3) is 0 Å². The summed E-state index contributed by atoms with van der Waals surface area (Å²) in [6.45, 7) is 0.106. The minimum absolute atomic E-state index is 0.0936. The zero-order chi connectivity index (χ0) is 31.4. The molecule has 2 atom stereocenters. The van der Waals surface area contributed by atoms with Gasteiger partial charge < -0.3 is 25.0 Å². The number of rotatable bonds is 11. The Balaban J connectivity index is 1.10. The van der Waals surface area contributed by atoms with Gasteiger partial charge in [0.05, 0.1) is 22.3 Å². The van der Waals surface area contributed by atoms with Crippen molar-refractivity contribution in [1.82, 2.24) is 15.1 Å². The van der Waals surface area contributed by atoms with Gasteiger partial charge in [0.1, 0.15) is 11.8 Å². The second-order valence-electron chi connectivity index (χ2n) is 10.3. The molecule has 3 aliphatic heterocycles. The fourth-order valence-corrected chi connectivity index (χ4v) is 6.21. The lowest BCUT2D eigenvalue weighted by atomic mass is 10.1. The van der Waals surface area contributed by atoms with Crippen LogP contribution >= 0.6 is 23.4 Å². The summed E-state index contributed by atoms with van der Waals surface area (Å²) in [6, 6.07) is 6.65. The number of unbranched alkanes of at least 4 members (excludes halogenated alkanes) is 2. The van der Waals surface area contributed by atoms with Crippen LogP contribution in [-0.4, -0.2) is 64.7 Å². The van der Waals surface area contributed by atoms with Crippen LogP contribution in [0.3, 0.4) is 0 Å². The monoisotopic (exact) mass is 652 g/mol. The van der Waals surface area contributed by atoms with Gasteiger partial charge in [-0.2, -0.15) is 13.2 Å². The summed E-state index contributed by atoms with van der Waals surface area (Å²) in [6.07, 6.45) is -1.17. The molecule has 0 aliphatic carbocycles. The largest absolute Gasteiger partial charge is 0.454 e. The first-order chi connectivity index (χ1) is 21.0. The number of anilines is 1. The third-order valence-corrected chi connectivity index (χ3v) is 8.67. The number of hydrogen-bond donors (Lipinski definition) is 2. The third-order valence-electron chi connectivity index (χ3n) is 7.25. The molecule has 44 heavy (non-hydrogen) atoms. The van der Waals surface area contributed by atoms with Gasteiger partial charge >= 0.3 is 12.2 Å². The molecule has 0 aromatic heterocycles. The summed E-state index contributed by atoms with van der Waals surface area (Å²) in [5.41, 5.74) is -0.351. The van der Waals surface area contributed by atoms with E-state index in [2.05, 4.69) is 10.6 Å². The molecule has 15 heteroatoms. The Bertz CT molecular complexity index is 1490. The Morgan fingerprint density at radius 1 is 1.02 bits per heavy atom. The van der Waals surface area contributed by atoms with Crippen LogP contribution in [0.25, 0.3) is 0 Å². The van der Waals surface area contributed by atoms with E-state index in [9.17, 15) is 32.3 Å². The van der Waals surface area contributed by atoms with E-state index in [1.807, 2.05) is 12.1 Å². The number of nitrogens with one attached hydrogen (secondary N) is 2. The van der Waals surface area contributed by atoms with Crippen LogP contribution < -0.4 is 20.1 Å². The standard InChI is InChI=1S/C29H28ClF3N4O6S/c30-19-7-6-18(29(31,32)33)13-20(19)35-25(39)15-37-21-9-11-44-26(21)27(40)36(28(37)41)10-3-1-2-4-24(38)34-14-17-5-8-22-23(12-17)43-16-42-22/h5-9,11-13,21,26H,1-4,10,14-16H2,(H,34,38)(H,35,39). The van der Waals surface area contributed by atoms with Crippen LogP contribution in [0.5, 0.6) is 11.5 Å². The molecule has 2 unspecified atom stereocenters. The first-order valence-corrected chi connectivity index (χ1v) is 15.1. The number of amides is 5. The highest BCUT2D eigenvalue weighted by atomic mass is 35.5. The van der Waals surface area contributed by atoms with Crippen LogP contribution in [0.1, 0.15) is 36.8 Å². The van der Waals surface area contributed by atoms with Crippen molar-refractivity contribution in [3.63, 3.8) is 0 Å². The molecule has 1 saturated heterocycles. The van der Waals surface area contributed by atoms with Crippen LogP contribution in [0.15, 0.2) is 47.9 Å². The van der Waals surface area contributed by atoms with Gasteiger partial charge in [-0.05, 0) is 54.1 Å². The highest BCUT2D eigenvalue weighted by Crippen LogP contribution is 2.36. The second-order valence-corrected chi connectivity index (χ2v) is 11.8. The van der Waals surface area contributed by atoms with Crippen molar-refractivity contribution in [2.75, 3.05) is 25.2 Å². The van der Waals surface area contributed by atoms with Gasteiger partial charge in [0, 0.05) is 19.5 Å². The number of benzene rings is 2. The van der Waals surface area contributed by atoms with Crippen molar-refractivity contribution >= 4 is 52.8 Å². The van der Waals surface area contributed by atoms with Gasteiger partial charge in [-0.25, -0.2) is 4.79 Å². The van der Waals surface area contributed by atoms with Crippen LogP contribution in [0.4, 0.5) is 23.7 Å². The molecule has 0 radical (unpaired) electrons. The normalized spacial score (nSPS) is 18.9. The summed E-state index contributed by atoms with van der Waals surface area (Å²) in [4.78, 5) is 53.9. The summed E-state index contributed by atoms with van der Waals surface area (Å²) >= 11 is 7.22. The third kappa shape index (κ3) is 7.24. The SMILES string of the molecule is O=C(CCCCCN1C(=O)C2SC=CC2N(CC(=O)Nc2cc(C(F)(F)F)ccc2Cl)C1=O)NCc1ccc2c(c1)OCO2. The second kappa shape index (κ2) is 13.4. The van der Waals surface area contributed by atoms with E-state index in [0.29, 0.717) is 37.3 Å². The van der Waals surface area contributed by atoms with Gasteiger partial charge in [0.15, 0.2) is 11.5 Å². The molecule has 0 spiro atoms. The average molecular weight is 653 g/mol. The summed E-state index contributed by atoms with van der Waals surface area (Å²) in [5, 5.41) is 6.15. The van der Waals surface area contributed by atoms with E-state index < -0.39 is 41.5 Å². The number of urea groups is 1. The molecular weight excluding hydrogens is 625 g/mol. The molecule has 0 saturated carbocycles. The van der Waals surface area contributed by atoms with Crippen LogP contribution in [0.2, 0.25) is 5.02 Å². The molecule has 1 fully saturated rings. The van der Waals surface area contributed by atoms with Crippen molar-refractivity contribution in [3.8, 4) is 11.5 Å². The molecule has 5 amide bonds. The van der Waals surface area contributed by atoms with Gasteiger partial charge in [-0.3, -0.25) is 19.3 Å². The number of nitrogens with zero attached hydrogens (tertiary/aromatic N) is 2. The van der Waals surface area contributed by atoms with E-state index in [1.165, 1.54) is 16.7 Å². The molecule has 2 aromatic carbocycles. The zero-order valence-corrected chi connectivity index (χ0v) is 24.8. The van der Waals surface area contributed by atoms with Gasteiger partial charge in [-0.15, -0.1) is 11.8 Å². The summed E-state index contributed by atoms with van der Waals surface area (Å²) in [7, 11) is 0. The summed E-state index contributed by atoms with van der Waals surface area (Å²) < 4.78 is 50.0. The number of carbonyl (C=O) groups is 4. The van der Waals surface area contributed by atoms with E-state index in [1.54, 1.807) is 17.6 Å². The molecule has 2 aromatic rings. The highest BCUT2D eigenvalue weighted by molar-refractivity contribution is 8.03. The predicted molar refractivity (Wildman–Crippen MR) is 156 cm³/mol. The molecule has 234 valence electrons. The Labute approximate surface area is 259 Å². The minimum Gasteiger partial charge on any atom is -0.454 e. The zero-order valence-electron chi connectivity index (χ0n) is 23.2. The average Bonchev–Trinajstić information content (AvgIpc) is 3.66. The molecule has 2 N–H and O–H groups in total.